The molecule has 6 heteroatoms. The Balaban J connectivity index is 0.00000169. The Kier molecular flexibility index (Phi) is 4.90. The molecule has 0 aromatic heterocycles. The summed E-state index contributed by atoms with van der Waals surface area (Å²) in [5.74, 6) is -0.0308. The zero-order chi connectivity index (χ0) is 9.90. The first-order valence-corrected chi connectivity index (χ1v) is 5.54. The summed E-state index contributed by atoms with van der Waals surface area (Å²) in [7, 11) is -3.36. The third-order valence-electron chi connectivity index (χ3n) is 1.65. The van der Waals surface area contributed by atoms with Crippen molar-refractivity contribution in [1.29, 1.82) is 0 Å². The summed E-state index contributed by atoms with van der Waals surface area (Å²) in [6.45, 7) is 0. The number of benzene rings is 1. The molecule has 0 unspecified atom stereocenters. The molecule has 80 valence electrons. The highest BCUT2D eigenvalue weighted by Crippen LogP contribution is 2.06. The number of rotatable bonds is 3. The van der Waals surface area contributed by atoms with Crippen LogP contribution in [0.2, 0.25) is 0 Å². The summed E-state index contributed by atoms with van der Waals surface area (Å²) in [5.41, 5.74) is 7.05. The number of primary sulfonamides is 1. The number of hydrogen-bond acceptors (Lipinski definition) is 3. The molecule has 1 aromatic rings. The highest BCUT2D eigenvalue weighted by atomic mass is 35.5. The predicted molar refractivity (Wildman–Crippen MR) is 52.5 cm³/mol. The fraction of sp³-hybridized carbons (Fsp3) is 0.250. The number of sulfonamides is 1. The van der Waals surface area contributed by atoms with Crippen molar-refractivity contribution in [3.05, 3.63) is 29.8 Å². The lowest BCUT2D eigenvalue weighted by atomic mass is 10.2. The van der Waals surface area contributed by atoms with E-state index in [1.54, 1.807) is 24.3 Å². The van der Waals surface area contributed by atoms with E-state index in [1.165, 1.54) is 0 Å². The molecule has 0 aliphatic carbocycles. The van der Waals surface area contributed by atoms with E-state index in [-0.39, 0.29) is 18.2 Å². The van der Waals surface area contributed by atoms with E-state index in [2.05, 4.69) is 0 Å². The Morgan fingerprint density at radius 1 is 1.14 bits per heavy atom. The Hall–Kier alpha value is -0.780. The van der Waals surface area contributed by atoms with Crippen LogP contribution in [0.15, 0.2) is 24.3 Å². The molecule has 0 heterocycles. The fourth-order valence-corrected chi connectivity index (χ4v) is 1.46. The van der Waals surface area contributed by atoms with Gasteiger partial charge in [0.2, 0.25) is 10.0 Å². The summed E-state index contributed by atoms with van der Waals surface area (Å²) < 4.78 is 21.2. The lowest BCUT2D eigenvalue weighted by Gasteiger charge is -2.00. The lowest BCUT2D eigenvalue weighted by Crippen LogP contribution is -3.00. The van der Waals surface area contributed by atoms with Crippen LogP contribution in [0, 0.1) is 0 Å². The van der Waals surface area contributed by atoms with E-state index >= 15 is 0 Å². The van der Waals surface area contributed by atoms with Crippen molar-refractivity contribution < 1.29 is 20.8 Å². The zero-order valence-corrected chi connectivity index (χ0v) is 9.05. The van der Waals surface area contributed by atoms with Crippen LogP contribution < -0.4 is 23.3 Å². The topological polar surface area (TPSA) is 86.2 Å². The van der Waals surface area contributed by atoms with E-state index in [0.717, 1.165) is 5.56 Å². The van der Waals surface area contributed by atoms with Gasteiger partial charge in [-0.2, -0.15) is 0 Å². The second-order valence-corrected chi connectivity index (χ2v) is 4.59. The summed E-state index contributed by atoms with van der Waals surface area (Å²) in [4.78, 5) is 0. The molecule has 0 radical (unpaired) electrons. The number of aryl methyl sites for hydroxylation is 1. The van der Waals surface area contributed by atoms with Crippen molar-refractivity contribution in [1.82, 2.24) is 0 Å². The summed E-state index contributed by atoms with van der Waals surface area (Å²) in [5, 5.41) is 4.86. The number of hydrogen-bond donors (Lipinski definition) is 2. The minimum atomic E-state index is -3.36. The van der Waals surface area contributed by atoms with Gasteiger partial charge < -0.3 is 18.1 Å². The summed E-state index contributed by atoms with van der Waals surface area (Å²) in [6.07, 6.45) is 0.430. The average Bonchev–Trinajstić information content (AvgIpc) is 2.02. The van der Waals surface area contributed by atoms with E-state index < -0.39 is 10.0 Å². The second kappa shape index (κ2) is 5.19. The molecule has 0 bridgehead atoms. The summed E-state index contributed by atoms with van der Waals surface area (Å²) >= 11 is 0. The molecule has 1 aromatic carbocycles. The first-order chi connectivity index (χ1) is 5.97. The van der Waals surface area contributed by atoms with Gasteiger partial charge >= 0.3 is 0 Å². The van der Waals surface area contributed by atoms with Gasteiger partial charge in [-0.25, -0.2) is 13.6 Å². The highest BCUT2D eigenvalue weighted by molar-refractivity contribution is 7.89. The van der Waals surface area contributed by atoms with Crippen molar-refractivity contribution in [2.45, 2.75) is 6.42 Å². The largest absolute Gasteiger partial charge is 1.00 e. The highest BCUT2D eigenvalue weighted by Gasteiger charge is 2.02. The standard InChI is InChI=1S/C8H12N2O2S.ClH/c9-8-3-1-7(2-4-8)5-6-13(10,11)12;/h1-4H,5-6,9H2,(H2,10,11,12);1H/p-1. The van der Waals surface area contributed by atoms with Crippen molar-refractivity contribution in [2.24, 2.45) is 5.14 Å². The molecule has 1 rings (SSSR count). The molecule has 4 nitrogen and oxygen atoms in total. The SMILES string of the molecule is Nc1ccc(CCS(N)(=O)=O)cc1.[Cl-]. The van der Waals surface area contributed by atoms with E-state index in [0.29, 0.717) is 12.1 Å². The molecule has 0 aliphatic rings. The van der Waals surface area contributed by atoms with Gasteiger partial charge in [-0.15, -0.1) is 0 Å². The van der Waals surface area contributed by atoms with Crippen LogP contribution in [-0.2, 0) is 16.4 Å². The van der Waals surface area contributed by atoms with Crippen molar-refractivity contribution in [3.8, 4) is 0 Å². The van der Waals surface area contributed by atoms with Crippen LogP contribution in [-0.4, -0.2) is 14.2 Å². The maximum absolute atomic E-state index is 10.6. The molecule has 0 saturated carbocycles. The number of nitrogens with two attached hydrogens (primary N) is 2. The van der Waals surface area contributed by atoms with Crippen LogP contribution in [0.4, 0.5) is 5.69 Å². The molecule has 0 atom stereocenters. The van der Waals surface area contributed by atoms with E-state index in [4.69, 9.17) is 10.9 Å². The first kappa shape index (κ1) is 13.2. The van der Waals surface area contributed by atoms with Crippen LogP contribution in [0.25, 0.3) is 0 Å². The monoisotopic (exact) mass is 235 g/mol. The Labute approximate surface area is 89.8 Å². The number of nitrogen functional groups attached to an aromatic ring is 1. The number of anilines is 1. The average molecular weight is 236 g/mol. The molecule has 14 heavy (non-hydrogen) atoms. The molecule has 0 amide bonds. The van der Waals surface area contributed by atoms with Gasteiger partial charge in [0.05, 0.1) is 5.75 Å². The lowest BCUT2D eigenvalue weighted by molar-refractivity contribution is -0.00000537. The fourth-order valence-electron chi connectivity index (χ4n) is 0.944. The quantitative estimate of drug-likeness (QED) is 0.552. The van der Waals surface area contributed by atoms with Crippen molar-refractivity contribution in [3.63, 3.8) is 0 Å². The van der Waals surface area contributed by atoms with Gasteiger partial charge in [0, 0.05) is 5.69 Å². The Bertz CT molecular complexity index is 375. The van der Waals surface area contributed by atoms with Gasteiger partial charge in [0.15, 0.2) is 0 Å². The predicted octanol–water partition coefficient (Wildman–Crippen LogP) is -2.90. The van der Waals surface area contributed by atoms with Crippen LogP contribution in [0.5, 0.6) is 0 Å². The third kappa shape index (κ3) is 5.06. The van der Waals surface area contributed by atoms with Crippen LogP contribution in [0.3, 0.4) is 0 Å². The van der Waals surface area contributed by atoms with Gasteiger partial charge in [-0.05, 0) is 24.1 Å². The number of halogens is 1. The van der Waals surface area contributed by atoms with Crippen LogP contribution >= 0.6 is 0 Å². The smallest absolute Gasteiger partial charge is 0.209 e. The van der Waals surface area contributed by atoms with E-state index in [9.17, 15) is 8.42 Å². The Morgan fingerprint density at radius 2 is 1.64 bits per heavy atom. The molecular weight excluding hydrogens is 224 g/mol. The third-order valence-corrected chi connectivity index (χ3v) is 2.43. The zero-order valence-electron chi connectivity index (χ0n) is 7.48. The van der Waals surface area contributed by atoms with E-state index in [1.807, 2.05) is 0 Å². The van der Waals surface area contributed by atoms with Crippen LogP contribution in [0.1, 0.15) is 5.56 Å². The van der Waals surface area contributed by atoms with Gasteiger partial charge in [-0.3, -0.25) is 0 Å². The van der Waals surface area contributed by atoms with Gasteiger partial charge in [0.1, 0.15) is 0 Å². The van der Waals surface area contributed by atoms with Gasteiger partial charge in [-0.1, -0.05) is 12.1 Å². The minimum absolute atomic E-state index is 0. The maximum Gasteiger partial charge on any atom is 0.209 e. The first-order valence-electron chi connectivity index (χ1n) is 3.82. The normalized spacial score (nSPS) is 10.6. The van der Waals surface area contributed by atoms with Gasteiger partial charge in [0.25, 0.3) is 0 Å². The molecule has 0 fully saturated rings. The minimum Gasteiger partial charge on any atom is -1.00 e. The molecule has 0 aliphatic heterocycles. The molecule has 0 spiro atoms. The maximum atomic E-state index is 10.6. The van der Waals surface area contributed by atoms with Crippen molar-refractivity contribution >= 4 is 15.7 Å². The van der Waals surface area contributed by atoms with Crippen molar-refractivity contribution in [2.75, 3.05) is 11.5 Å². The Morgan fingerprint density at radius 3 is 2.07 bits per heavy atom. The second-order valence-electron chi connectivity index (χ2n) is 2.86. The summed E-state index contributed by atoms with van der Waals surface area (Å²) in [6, 6.07) is 7.05. The molecule has 4 N–H and O–H groups in total. The molecule has 0 saturated heterocycles. The molecular formula is C8H12ClN2O2S-.